The monoisotopic (exact) mass is 446 g/mol. The van der Waals surface area contributed by atoms with Crippen LogP contribution in [0.25, 0.3) is 0 Å². The highest BCUT2D eigenvalue weighted by Gasteiger charge is 2.30. The lowest BCUT2D eigenvalue weighted by atomic mass is 10.1. The second-order valence-corrected chi connectivity index (χ2v) is 8.82. The zero-order valence-electron chi connectivity index (χ0n) is 17.3. The number of benzene rings is 3. The Labute approximate surface area is 190 Å². The molecule has 7 heteroatoms. The second-order valence-electron chi connectivity index (χ2n) is 7.58. The van der Waals surface area contributed by atoms with E-state index in [9.17, 15) is 9.59 Å². The zero-order chi connectivity index (χ0) is 21.9. The number of thioether (sulfide) groups is 1. The summed E-state index contributed by atoms with van der Waals surface area (Å²) in [7, 11) is 0. The third-order valence-electron chi connectivity index (χ3n) is 5.39. The van der Waals surface area contributed by atoms with Crippen LogP contribution in [0.1, 0.15) is 17.2 Å². The van der Waals surface area contributed by atoms with E-state index in [2.05, 4.69) is 5.32 Å². The van der Waals surface area contributed by atoms with Gasteiger partial charge in [0, 0.05) is 28.3 Å². The minimum atomic E-state index is -0.270. The molecule has 2 aliphatic rings. The van der Waals surface area contributed by atoms with Crippen molar-refractivity contribution >= 4 is 35.0 Å². The van der Waals surface area contributed by atoms with Gasteiger partial charge in [-0.15, -0.1) is 11.8 Å². The van der Waals surface area contributed by atoms with Crippen molar-refractivity contribution in [3.8, 4) is 11.5 Å². The molecule has 5 rings (SSSR count). The van der Waals surface area contributed by atoms with Crippen molar-refractivity contribution < 1.29 is 19.1 Å². The summed E-state index contributed by atoms with van der Waals surface area (Å²) in [6, 6.07) is 23.0. The van der Waals surface area contributed by atoms with Gasteiger partial charge < -0.3 is 19.7 Å². The number of carbonyl (C=O) groups excluding carboxylic acids is 2. The van der Waals surface area contributed by atoms with Crippen molar-refractivity contribution in [3.05, 3.63) is 78.4 Å². The quantitative estimate of drug-likeness (QED) is 0.631. The third kappa shape index (κ3) is 4.29. The molecule has 0 aromatic heterocycles. The number of hydrogen-bond acceptors (Lipinski definition) is 5. The Morgan fingerprint density at radius 3 is 2.56 bits per heavy atom. The average molecular weight is 447 g/mol. The highest BCUT2D eigenvalue weighted by Crippen LogP contribution is 2.45. The summed E-state index contributed by atoms with van der Waals surface area (Å²) in [5.74, 6) is 0.920. The number of rotatable bonds is 4. The third-order valence-corrected chi connectivity index (χ3v) is 6.71. The molecule has 0 saturated heterocycles. The summed E-state index contributed by atoms with van der Waals surface area (Å²) in [6.07, 6.45) is 0.320. The Kier molecular flexibility index (Phi) is 5.73. The molecule has 3 aromatic carbocycles. The molecule has 2 aliphatic heterocycles. The molecule has 0 aliphatic carbocycles. The van der Waals surface area contributed by atoms with Crippen LogP contribution >= 0.6 is 11.8 Å². The molecule has 0 radical (unpaired) electrons. The van der Waals surface area contributed by atoms with E-state index >= 15 is 0 Å². The number of nitrogens with one attached hydrogen (secondary N) is 1. The largest absolute Gasteiger partial charge is 0.486 e. The second kappa shape index (κ2) is 8.96. The summed E-state index contributed by atoms with van der Waals surface area (Å²) >= 11 is 1.66. The van der Waals surface area contributed by atoms with Gasteiger partial charge in [-0.25, -0.2) is 0 Å². The molecule has 0 bridgehead atoms. The summed E-state index contributed by atoms with van der Waals surface area (Å²) in [5.41, 5.74) is 2.47. The molecule has 0 unspecified atom stereocenters. The van der Waals surface area contributed by atoms with E-state index in [1.165, 1.54) is 0 Å². The normalized spacial score (nSPS) is 17.3. The lowest BCUT2D eigenvalue weighted by Crippen LogP contribution is -2.38. The average Bonchev–Trinajstić information content (AvgIpc) is 2.96. The van der Waals surface area contributed by atoms with Gasteiger partial charge in [-0.1, -0.05) is 42.5 Å². The predicted molar refractivity (Wildman–Crippen MR) is 125 cm³/mol. The molecule has 2 amide bonds. The van der Waals surface area contributed by atoms with E-state index in [1.54, 1.807) is 34.9 Å². The molecular formula is C25H22N2O4S. The smallest absolute Gasteiger partial charge is 0.244 e. The number of hydrogen-bond donors (Lipinski definition) is 1. The molecule has 1 atom stereocenters. The number of para-hydroxylation sites is 1. The SMILES string of the molecule is O=C(CN1C(=O)C[C@@H](c2ccccc2)Sc2ccccc21)Nc1ccc2c(c1)OCCO2. The molecule has 3 aromatic rings. The van der Waals surface area contributed by atoms with Gasteiger partial charge in [0.15, 0.2) is 11.5 Å². The Morgan fingerprint density at radius 2 is 1.72 bits per heavy atom. The Morgan fingerprint density at radius 1 is 0.969 bits per heavy atom. The molecule has 0 fully saturated rings. The van der Waals surface area contributed by atoms with Crippen molar-refractivity contribution in [2.24, 2.45) is 0 Å². The minimum Gasteiger partial charge on any atom is -0.486 e. The highest BCUT2D eigenvalue weighted by atomic mass is 32.2. The van der Waals surface area contributed by atoms with E-state index in [1.807, 2.05) is 54.6 Å². The van der Waals surface area contributed by atoms with Crippen LogP contribution in [0.3, 0.4) is 0 Å². The first-order valence-electron chi connectivity index (χ1n) is 10.5. The molecule has 2 heterocycles. The molecule has 162 valence electrons. The van der Waals surface area contributed by atoms with Crippen molar-refractivity contribution in [2.45, 2.75) is 16.6 Å². The molecule has 0 spiro atoms. The van der Waals surface area contributed by atoms with Gasteiger partial charge in [0.05, 0.1) is 5.69 Å². The van der Waals surface area contributed by atoms with E-state index < -0.39 is 0 Å². The summed E-state index contributed by atoms with van der Waals surface area (Å²) in [5, 5.41) is 2.87. The van der Waals surface area contributed by atoms with Crippen molar-refractivity contribution in [1.82, 2.24) is 0 Å². The number of carbonyl (C=O) groups is 2. The molecule has 6 nitrogen and oxygen atoms in total. The molecular weight excluding hydrogens is 424 g/mol. The standard InChI is InChI=1S/C25H22N2O4S/c28-24(26-18-10-11-20-21(14-18)31-13-12-30-20)16-27-19-8-4-5-9-22(19)32-23(15-25(27)29)17-6-2-1-3-7-17/h1-11,14,23H,12-13,15-16H2,(H,26,28)/t23-/m0/s1. The van der Waals surface area contributed by atoms with Gasteiger partial charge in [0.25, 0.3) is 0 Å². The van der Waals surface area contributed by atoms with Gasteiger partial charge in [-0.3, -0.25) is 9.59 Å². The molecule has 1 N–H and O–H groups in total. The van der Waals surface area contributed by atoms with E-state index in [0.29, 0.717) is 36.8 Å². The fourth-order valence-electron chi connectivity index (χ4n) is 3.87. The van der Waals surface area contributed by atoms with Gasteiger partial charge in [-0.2, -0.15) is 0 Å². The first-order valence-corrected chi connectivity index (χ1v) is 11.4. The first-order chi connectivity index (χ1) is 15.7. The van der Waals surface area contributed by atoms with Crippen LogP contribution in [0, 0.1) is 0 Å². The lowest BCUT2D eigenvalue weighted by Gasteiger charge is -2.22. The van der Waals surface area contributed by atoms with Crippen LogP contribution < -0.4 is 19.7 Å². The fraction of sp³-hybridized carbons (Fsp3) is 0.200. The van der Waals surface area contributed by atoms with Crippen LogP contribution in [-0.4, -0.2) is 31.6 Å². The Hall–Kier alpha value is -3.45. The Bertz CT molecular complexity index is 1150. The summed E-state index contributed by atoms with van der Waals surface area (Å²) in [6.45, 7) is 0.924. The van der Waals surface area contributed by atoms with Crippen LogP contribution in [0.2, 0.25) is 0 Å². The number of fused-ring (bicyclic) bond motifs is 2. The van der Waals surface area contributed by atoms with Crippen LogP contribution in [0.4, 0.5) is 11.4 Å². The highest BCUT2D eigenvalue weighted by molar-refractivity contribution is 7.99. The van der Waals surface area contributed by atoms with Crippen molar-refractivity contribution in [3.63, 3.8) is 0 Å². The molecule has 0 saturated carbocycles. The van der Waals surface area contributed by atoms with Gasteiger partial charge in [0.1, 0.15) is 19.8 Å². The van der Waals surface area contributed by atoms with E-state index in [4.69, 9.17) is 9.47 Å². The van der Waals surface area contributed by atoms with Gasteiger partial charge in [-0.05, 0) is 29.8 Å². The maximum Gasteiger partial charge on any atom is 0.244 e. The minimum absolute atomic E-state index is 0.00398. The number of nitrogens with zero attached hydrogens (tertiary/aromatic N) is 1. The van der Waals surface area contributed by atoms with Crippen LogP contribution in [0.15, 0.2) is 77.7 Å². The van der Waals surface area contributed by atoms with Crippen LogP contribution in [-0.2, 0) is 9.59 Å². The van der Waals surface area contributed by atoms with E-state index in [0.717, 1.165) is 16.1 Å². The van der Waals surface area contributed by atoms with Crippen molar-refractivity contribution in [1.29, 1.82) is 0 Å². The maximum atomic E-state index is 13.2. The van der Waals surface area contributed by atoms with Crippen LogP contribution in [0.5, 0.6) is 11.5 Å². The maximum absolute atomic E-state index is 13.2. The number of anilines is 2. The van der Waals surface area contributed by atoms with Gasteiger partial charge in [0.2, 0.25) is 11.8 Å². The topological polar surface area (TPSA) is 67.9 Å². The number of amides is 2. The fourth-order valence-corrected chi connectivity index (χ4v) is 5.15. The number of ether oxygens (including phenoxy) is 2. The first kappa shape index (κ1) is 20.5. The summed E-state index contributed by atoms with van der Waals surface area (Å²) < 4.78 is 11.1. The summed E-state index contributed by atoms with van der Waals surface area (Å²) in [4.78, 5) is 28.7. The molecule has 32 heavy (non-hydrogen) atoms. The van der Waals surface area contributed by atoms with Gasteiger partial charge >= 0.3 is 0 Å². The predicted octanol–water partition coefficient (Wildman–Crippen LogP) is 4.67. The lowest BCUT2D eigenvalue weighted by molar-refractivity contribution is -0.121. The van der Waals surface area contributed by atoms with Crippen molar-refractivity contribution in [2.75, 3.05) is 30.0 Å². The Balaban J connectivity index is 1.36. The van der Waals surface area contributed by atoms with E-state index in [-0.39, 0.29) is 23.6 Å². The zero-order valence-corrected chi connectivity index (χ0v) is 18.1.